The summed E-state index contributed by atoms with van der Waals surface area (Å²) in [6.07, 6.45) is -7.30. The molecule has 0 radical (unpaired) electrons. The molecule has 1 amide bonds. The lowest BCUT2D eigenvalue weighted by Gasteiger charge is -2.23. The van der Waals surface area contributed by atoms with Gasteiger partial charge in [-0.05, 0) is 17.0 Å². The summed E-state index contributed by atoms with van der Waals surface area (Å²) in [4.78, 5) is 12.0. The van der Waals surface area contributed by atoms with Crippen LogP contribution in [0.15, 0.2) is 24.3 Å². The van der Waals surface area contributed by atoms with Crippen LogP contribution in [0.25, 0.3) is 0 Å². The summed E-state index contributed by atoms with van der Waals surface area (Å²) < 4.78 is 36.5. The van der Waals surface area contributed by atoms with E-state index in [2.05, 4.69) is 5.32 Å². The highest BCUT2D eigenvalue weighted by molar-refractivity contribution is 5.96. The Labute approximate surface area is 115 Å². The number of rotatable bonds is 3. The van der Waals surface area contributed by atoms with E-state index in [4.69, 9.17) is 5.11 Å². The molecule has 3 nitrogen and oxygen atoms in total. The van der Waals surface area contributed by atoms with E-state index < -0.39 is 24.7 Å². The number of hydrogen-bond acceptors (Lipinski definition) is 2. The normalized spacial score (nSPS) is 13.9. The summed E-state index contributed by atoms with van der Waals surface area (Å²) in [5.74, 6) is -0.626. The summed E-state index contributed by atoms with van der Waals surface area (Å²) in [5, 5.41) is 11.0. The first-order valence-corrected chi connectivity index (χ1v) is 6.16. The lowest BCUT2D eigenvalue weighted by Crippen LogP contribution is -2.41. The van der Waals surface area contributed by atoms with Crippen molar-refractivity contribution in [3.63, 3.8) is 0 Å². The average molecular weight is 289 g/mol. The topological polar surface area (TPSA) is 49.3 Å². The van der Waals surface area contributed by atoms with Gasteiger partial charge in [0.05, 0.1) is 6.54 Å². The third-order valence-electron chi connectivity index (χ3n) is 2.81. The van der Waals surface area contributed by atoms with Gasteiger partial charge < -0.3 is 10.4 Å². The number of benzene rings is 1. The number of amides is 1. The Balaban J connectivity index is 2.84. The minimum Gasteiger partial charge on any atom is -0.382 e. The van der Waals surface area contributed by atoms with Crippen LogP contribution in [0.5, 0.6) is 0 Å². The summed E-state index contributed by atoms with van der Waals surface area (Å²) in [6, 6.07) is 6.72. The summed E-state index contributed by atoms with van der Waals surface area (Å²) in [6.45, 7) is 4.86. The smallest absolute Gasteiger partial charge is 0.382 e. The predicted molar refractivity (Wildman–Crippen MR) is 69.5 cm³/mol. The molecular weight excluding hydrogens is 271 g/mol. The Morgan fingerprint density at radius 3 is 2.30 bits per heavy atom. The van der Waals surface area contributed by atoms with Gasteiger partial charge in [0.2, 0.25) is 0 Å². The molecule has 2 N–H and O–H groups in total. The van der Waals surface area contributed by atoms with Crippen molar-refractivity contribution < 1.29 is 23.1 Å². The molecule has 1 unspecified atom stereocenters. The molecular formula is C14H18F3NO2. The third-order valence-corrected chi connectivity index (χ3v) is 2.81. The fraction of sp³-hybridized carbons (Fsp3) is 0.500. The van der Waals surface area contributed by atoms with Crippen molar-refractivity contribution in [2.24, 2.45) is 0 Å². The van der Waals surface area contributed by atoms with Crippen LogP contribution in [0.2, 0.25) is 0 Å². The maximum Gasteiger partial charge on any atom is 0.416 e. The first kappa shape index (κ1) is 16.5. The van der Waals surface area contributed by atoms with E-state index in [1.54, 1.807) is 24.3 Å². The van der Waals surface area contributed by atoms with Crippen molar-refractivity contribution in [1.29, 1.82) is 0 Å². The molecule has 0 bridgehead atoms. The third kappa shape index (κ3) is 4.23. The maximum absolute atomic E-state index is 12.2. The van der Waals surface area contributed by atoms with Gasteiger partial charge in [0, 0.05) is 5.56 Å². The molecule has 0 aliphatic carbocycles. The van der Waals surface area contributed by atoms with Crippen molar-refractivity contribution in [1.82, 2.24) is 5.32 Å². The zero-order valence-corrected chi connectivity index (χ0v) is 11.6. The highest BCUT2D eigenvalue weighted by atomic mass is 19.4. The van der Waals surface area contributed by atoms with E-state index in [0.717, 1.165) is 5.56 Å². The summed E-state index contributed by atoms with van der Waals surface area (Å²) >= 11 is 0. The van der Waals surface area contributed by atoms with Crippen LogP contribution in [-0.4, -0.2) is 29.8 Å². The molecule has 0 aliphatic rings. The SMILES string of the molecule is CC(C)(C)c1ccccc1C(=O)NCC(O)C(F)(F)F. The van der Waals surface area contributed by atoms with Crippen molar-refractivity contribution in [3.05, 3.63) is 35.4 Å². The number of aliphatic hydroxyl groups excluding tert-OH is 1. The Hall–Kier alpha value is -1.56. The molecule has 6 heteroatoms. The van der Waals surface area contributed by atoms with Gasteiger partial charge in [0.25, 0.3) is 5.91 Å². The van der Waals surface area contributed by atoms with Crippen LogP contribution in [0.4, 0.5) is 13.2 Å². The Morgan fingerprint density at radius 2 is 1.80 bits per heavy atom. The largest absolute Gasteiger partial charge is 0.416 e. The Bertz CT molecular complexity index is 478. The monoisotopic (exact) mass is 289 g/mol. The van der Waals surface area contributed by atoms with Crippen molar-refractivity contribution >= 4 is 5.91 Å². The molecule has 1 rings (SSSR count). The zero-order chi connectivity index (χ0) is 15.6. The van der Waals surface area contributed by atoms with Crippen LogP contribution < -0.4 is 5.32 Å². The minimum absolute atomic E-state index is 0.309. The van der Waals surface area contributed by atoms with E-state index in [9.17, 15) is 18.0 Å². The second-order valence-electron chi connectivity index (χ2n) is 5.56. The van der Waals surface area contributed by atoms with Crippen LogP contribution in [0, 0.1) is 0 Å². The molecule has 1 atom stereocenters. The second kappa shape index (κ2) is 5.83. The Morgan fingerprint density at radius 1 is 1.25 bits per heavy atom. The molecule has 0 saturated heterocycles. The van der Waals surface area contributed by atoms with Gasteiger partial charge in [-0.1, -0.05) is 39.0 Å². The molecule has 1 aromatic carbocycles. The van der Waals surface area contributed by atoms with Gasteiger partial charge in [0.15, 0.2) is 6.10 Å². The number of halogens is 3. The van der Waals surface area contributed by atoms with E-state index >= 15 is 0 Å². The van der Waals surface area contributed by atoms with E-state index in [-0.39, 0.29) is 5.41 Å². The quantitative estimate of drug-likeness (QED) is 0.898. The molecule has 0 aromatic heterocycles. The number of carbonyl (C=O) groups is 1. The summed E-state index contributed by atoms with van der Waals surface area (Å²) in [5.41, 5.74) is 0.740. The fourth-order valence-corrected chi connectivity index (χ4v) is 1.74. The van der Waals surface area contributed by atoms with Crippen LogP contribution >= 0.6 is 0 Å². The maximum atomic E-state index is 12.2. The van der Waals surface area contributed by atoms with Gasteiger partial charge in [-0.3, -0.25) is 4.79 Å². The molecule has 1 aromatic rings. The number of alkyl halides is 3. The van der Waals surface area contributed by atoms with Gasteiger partial charge in [-0.25, -0.2) is 0 Å². The van der Waals surface area contributed by atoms with Gasteiger partial charge in [-0.2, -0.15) is 13.2 Å². The highest BCUT2D eigenvalue weighted by Gasteiger charge is 2.38. The average Bonchev–Trinajstić information content (AvgIpc) is 2.33. The van der Waals surface area contributed by atoms with Gasteiger partial charge in [0.1, 0.15) is 0 Å². The summed E-state index contributed by atoms with van der Waals surface area (Å²) in [7, 11) is 0. The van der Waals surface area contributed by atoms with Crippen molar-refractivity contribution in [2.75, 3.05) is 6.54 Å². The number of carbonyl (C=O) groups excluding carboxylic acids is 1. The van der Waals surface area contributed by atoms with Crippen molar-refractivity contribution in [2.45, 2.75) is 38.5 Å². The fourth-order valence-electron chi connectivity index (χ4n) is 1.74. The molecule has 0 aliphatic heterocycles. The minimum atomic E-state index is -4.74. The lowest BCUT2D eigenvalue weighted by atomic mass is 9.83. The molecule has 0 fully saturated rings. The molecule has 0 heterocycles. The number of aliphatic hydroxyl groups is 1. The zero-order valence-electron chi connectivity index (χ0n) is 11.6. The molecule has 20 heavy (non-hydrogen) atoms. The van der Waals surface area contributed by atoms with Crippen LogP contribution in [-0.2, 0) is 5.41 Å². The van der Waals surface area contributed by atoms with Gasteiger partial charge >= 0.3 is 6.18 Å². The molecule has 0 saturated carbocycles. The lowest BCUT2D eigenvalue weighted by molar-refractivity contribution is -0.201. The number of hydrogen-bond donors (Lipinski definition) is 2. The predicted octanol–water partition coefficient (Wildman–Crippen LogP) is 2.64. The Kier molecular flexibility index (Phi) is 4.81. The van der Waals surface area contributed by atoms with Gasteiger partial charge in [-0.15, -0.1) is 0 Å². The second-order valence-corrected chi connectivity index (χ2v) is 5.56. The molecule has 0 spiro atoms. The number of nitrogens with one attached hydrogen (secondary N) is 1. The highest BCUT2D eigenvalue weighted by Crippen LogP contribution is 2.25. The van der Waals surface area contributed by atoms with E-state index in [1.165, 1.54) is 0 Å². The van der Waals surface area contributed by atoms with Crippen molar-refractivity contribution in [3.8, 4) is 0 Å². The van der Waals surface area contributed by atoms with Crippen LogP contribution in [0.3, 0.4) is 0 Å². The standard InChI is InChI=1S/C14H18F3NO2/c1-13(2,3)10-7-5-4-6-9(10)12(20)18-8-11(19)14(15,16)17/h4-7,11,19H,8H2,1-3H3,(H,18,20). The van der Waals surface area contributed by atoms with E-state index in [1.807, 2.05) is 20.8 Å². The van der Waals surface area contributed by atoms with Crippen LogP contribution in [0.1, 0.15) is 36.7 Å². The van der Waals surface area contributed by atoms with E-state index in [0.29, 0.717) is 5.56 Å². The first-order chi connectivity index (χ1) is 9.03. The molecule has 112 valence electrons. The first-order valence-electron chi connectivity index (χ1n) is 6.16.